The molecule has 0 unspecified atom stereocenters. The molecule has 2 amide bonds. The second-order valence-electron chi connectivity index (χ2n) is 6.16. The van der Waals surface area contributed by atoms with Gasteiger partial charge in [-0.2, -0.15) is 0 Å². The van der Waals surface area contributed by atoms with Gasteiger partial charge in [-0.05, 0) is 44.4 Å². The summed E-state index contributed by atoms with van der Waals surface area (Å²) in [6.07, 6.45) is 5.32. The summed E-state index contributed by atoms with van der Waals surface area (Å²) in [6, 6.07) is 0.00455. The highest BCUT2D eigenvalue weighted by molar-refractivity contribution is 5.74. The number of nitrogens with zero attached hydrogens (tertiary/aromatic N) is 1. The standard InChI is InChI=1S/C15H26N2O4/c1-21-13-6-8-17(9-7-13)15(20)16-10-11-2-4-12(5-3-11)14(18)19/h11-13H,2-10H2,1H3,(H,16,20)(H,18,19). The summed E-state index contributed by atoms with van der Waals surface area (Å²) in [6.45, 7) is 2.15. The molecular weight excluding hydrogens is 272 g/mol. The van der Waals surface area contributed by atoms with Gasteiger partial charge >= 0.3 is 12.0 Å². The lowest BCUT2D eigenvalue weighted by Gasteiger charge is -2.32. The molecule has 0 atom stereocenters. The van der Waals surface area contributed by atoms with Gasteiger partial charge < -0.3 is 20.1 Å². The Balaban J connectivity index is 1.65. The predicted octanol–water partition coefficient (Wildman–Crippen LogP) is 1.70. The van der Waals surface area contributed by atoms with Crippen LogP contribution in [0.5, 0.6) is 0 Å². The van der Waals surface area contributed by atoms with Crippen LogP contribution >= 0.6 is 0 Å². The molecule has 2 N–H and O–H groups in total. The molecule has 6 nitrogen and oxygen atoms in total. The fourth-order valence-electron chi connectivity index (χ4n) is 3.25. The summed E-state index contributed by atoms with van der Waals surface area (Å²) in [7, 11) is 1.72. The number of nitrogens with one attached hydrogen (secondary N) is 1. The maximum atomic E-state index is 12.1. The maximum absolute atomic E-state index is 12.1. The maximum Gasteiger partial charge on any atom is 0.317 e. The van der Waals surface area contributed by atoms with Gasteiger partial charge in [0.05, 0.1) is 12.0 Å². The number of carbonyl (C=O) groups is 2. The third-order valence-electron chi connectivity index (χ3n) is 4.80. The van der Waals surface area contributed by atoms with E-state index in [0.717, 1.165) is 51.6 Å². The molecule has 0 spiro atoms. The number of hydrogen-bond donors (Lipinski definition) is 2. The van der Waals surface area contributed by atoms with Crippen LogP contribution in [0, 0.1) is 11.8 Å². The number of amides is 2. The molecule has 0 aromatic rings. The molecule has 1 heterocycles. The third-order valence-corrected chi connectivity index (χ3v) is 4.80. The Bertz CT molecular complexity index is 359. The first kappa shape index (κ1) is 16.1. The Morgan fingerprint density at radius 3 is 2.29 bits per heavy atom. The number of ether oxygens (including phenoxy) is 1. The molecule has 1 saturated heterocycles. The SMILES string of the molecule is COC1CCN(C(=O)NCC2CCC(C(=O)O)CC2)CC1. The average molecular weight is 298 g/mol. The number of carbonyl (C=O) groups excluding carboxylic acids is 1. The molecule has 120 valence electrons. The van der Waals surface area contributed by atoms with E-state index in [1.54, 1.807) is 7.11 Å². The largest absolute Gasteiger partial charge is 0.481 e. The zero-order chi connectivity index (χ0) is 15.2. The molecule has 0 aromatic heterocycles. The van der Waals surface area contributed by atoms with Crippen LogP contribution in [0.4, 0.5) is 4.79 Å². The number of aliphatic carboxylic acids is 1. The van der Waals surface area contributed by atoms with Crippen molar-refractivity contribution in [2.24, 2.45) is 11.8 Å². The average Bonchev–Trinajstić information content (AvgIpc) is 2.53. The van der Waals surface area contributed by atoms with Crippen LogP contribution in [-0.2, 0) is 9.53 Å². The molecule has 6 heteroatoms. The number of urea groups is 1. The number of hydrogen-bond acceptors (Lipinski definition) is 3. The van der Waals surface area contributed by atoms with Gasteiger partial charge in [-0.1, -0.05) is 0 Å². The van der Waals surface area contributed by atoms with E-state index < -0.39 is 5.97 Å². The Morgan fingerprint density at radius 2 is 1.76 bits per heavy atom. The summed E-state index contributed by atoms with van der Waals surface area (Å²) < 4.78 is 5.30. The van der Waals surface area contributed by atoms with E-state index in [9.17, 15) is 9.59 Å². The first-order valence-corrected chi connectivity index (χ1v) is 7.88. The highest BCUT2D eigenvalue weighted by atomic mass is 16.5. The van der Waals surface area contributed by atoms with Gasteiger partial charge in [-0.25, -0.2) is 4.79 Å². The Morgan fingerprint density at radius 1 is 1.14 bits per heavy atom. The number of methoxy groups -OCH3 is 1. The lowest BCUT2D eigenvalue weighted by Crippen LogP contribution is -2.47. The van der Waals surface area contributed by atoms with Crippen LogP contribution < -0.4 is 5.32 Å². The third kappa shape index (κ3) is 4.59. The quantitative estimate of drug-likeness (QED) is 0.828. The van der Waals surface area contributed by atoms with Crippen LogP contribution in [0.3, 0.4) is 0 Å². The molecule has 21 heavy (non-hydrogen) atoms. The van der Waals surface area contributed by atoms with Gasteiger partial charge in [0.25, 0.3) is 0 Å². The van der Waals surface area contributed by atoms with Gasteiger partial charge in [0.2, 0.25) is 0 Å². The van der Waals surface area contributed by atoms with Gasteiger partial charge in [0, 0.05) is 26.7 Å². The van der Waals surface area contributed by atoms with E-state index in [1.807, 2.05) is 4.90 Å². The number of likely N-dealkylation sites (tertiary alicyclic amines) is 1. The van der Waals surface area contributed by atoms with Gasteiger partial charge in [0.1, 0.15) is 0 Å². The number of carboxylic acids is 1. The van der Waals surface area contributed by atoms with E-state index in [4.69, 9.17) is 9.84 Å². The van der Waals surface area contributed by atoms with Gasteiger partial charge in [-0.3, -0.25) is 4.79 Å². The molecule has 0 radical (unpaired) electrons. The number of carboxylic acid groups (broad SMARTS) is 1. The smallest absolute Gasteiger partial charge is 0.317 e. The zero-order valence-corrected chi connectivity index (χ0v) is 12.7. The first-order chi connectivity index (χ1) is 10.1. The highest BCUT2D eigenvalue weighted by Gasteiger charge is 2.27. The predicted molar refractivity (Wildman–Crippen MR) is 78.1 cm³/mol. The van der Waals surface area contributed by atoms with E-state index in [-0.39, 0.29) is 18.1 Å². The molecule has 2 fully saturated rings. The summed E-state index contributed by atoms with van der Waals surface area (Å²) >= 11 is 0. The van der Waals surface area contributed by atoms with E-state index in [0.29, 0.717) is 12.5 Å². The second kappa shape index (κ2) is 7.64. The van der Waals surface area contributed by atoms with Gasteiger partial charge in [-0.15, -0.1) is 0 Å². The Labute approximate surface area is 125 Å². The van der Waals surface area contributed by atoms with Crippen molar-refractivity contribution in [1.29, 1.82) is 0 Å². The van der Waals surface area contributed by atoms with E-state index >= 15 is 0 Å². The molecule has 2 aliphatic rings. The van der Waals surface area contributed by atoms with Crippen LogP contribution in [0.25, 0.3) is 0 Å². The normalized spacial score (nSPS) is 27.4. The summed E-state index contributed by atoms with van der Waals surface area (Å²) in [5.74, 6) is -0.454. The van der Waals surface area contributed by atoms with Crippen molar-refractivity contribution >= 4 is 12.0 Å². The first-order valence-electron chi connectivity index (χ1n) is 7.88. The Hall–Kier alpha value is -1.30. The molecule has 0 aromatic carbocycles. The minimum absolute atomic E-state index is 0.00455. The van der Waals surface area contributed by atoms with Crippen molar-refractivity contribution in [2.75, 3.05) is 26.7 Å². The topological polar surface area (TPSA) is 78.9 Å². The van der Waals surface area contributed by atoms with Crippen molar-refractivity contribution < 1.29 is 19.4 Å². The molecule has 0 bridgehead atoms. The van der Waals surface area contributed by atoms with Crippen molar-refractivity contribution in [3.8, 4) is 0 Å². The van der Waals surface area contributed by atoms with Crippen LogP contribution in [0.1, 0.15) is 38.5 Å². The monoisotopic (exact) mass is 298 g/mol. The van der Waals surface area contributed by atoms with Crippen LogP contribution in [0.2, 0.25) is 0 Å². The fraction of sp³-hybridized carbons (Fsp3) is 0.867. The van der Waals surface area contributed by atoms with Crippen molar-refractivity contribution in [1.82, 2.24) is 10.2 Å². The molecule has 1 saturated carbocycles. The van der Waals surface area contributed by atoms with Crippen LogP contribution in [0.15, 0.2) is 0 Å². The molecule has 1 aliphatic heterocycles. The fourth-order valence-corrected chi connectivity index (χ4v) is 3.25. The van der Waals surface area contributed by atoms with Crippen molar-refractivity contribution in [3.63, 3.8) is 0 Å². The zero-order valence-electron chi connectivity index (χ0n) is 12.7. The lowest BCUT2D eigenvalue weighted by molar-refractivity contribution is -0.143. The van der Waals surface area contributed by atoms with Crippen LogP contribution in [-0.4, -0.2) is 54.9 Å². The minimum atomic E-state index is -0.682. The molecular formula is C15H26N2O4. The van der Waals surface area contributed by atoms with Gasteiger partial charge in [0.15, 0.2) is 0 Å². The Kier molecular flexibility index (Phi) is 5.85. The van der Waals surface area contributed by atoms with E-state index in [1.165, 1.54) is 0 Å². The van der Waals surface area contributed by atoms with Crippen molar-refractivity contribution in [3.05, 3.63) is 0 Å². The molecule has 1 aliphatic carbocycles. The van der Waals surface area contributed by atoms with E-state index in [2.05, 4.69) is 5.32 Å². The summed E-state index contributed by atoms with van der Waals surface area (Å²) in [5.41, 5.74) is 0. The molecule has 2 rings (SSSR count). The summed E-state index contributed by atoms with van der Waals surface area (Å²) in [5, 5.41) is 12.0. The highest BCUT2D eigenvalue weighted by Crippen LogP contribution is 2.28. The minimum Gasteiger partial charge on any atom is -0.481 e. The summed E-state index contributed by atoms with van der Waals surface area (Å²) in [4.78, 5) is 24.8. The van der Waals surface area contributed by atoms with Crippen molar-refractivity contribution in [2.45, 2.75) is 44.6 Å². The number of rotatable bonds is 4. The number of piperidine rings is 1. The lowest BCUT2D eigenvalue weighted by atomic mass is 9.82. The second-order valence-corrected chi connectivity index (χ2v) is 6.16.